The second kappa shape index (κ2) is 6.93. The van der Waals surface area contributed by atoms with Gasteiger partial charge in [0, 0.05) is 13.1 Å². The molecule has 1 aliphatic carbocycles. The fraction of sp³-hybridized carbons (Fsp3) is 0.385. The molecule has 0 bridgehead atoms. The highest BCUT2D eigenvalue weighted by atomic mass is 16.5. The standard InChI is InChI=1S/C26H29NO/c1-19-23-15-9-10-16-24(23)20(2)28-26(19)17-27(18-26)25(21-11-5-3-6-12-21)22-13-7-4-8-14-22/h3-8,11-14,25H,9-10,15-18H2,1-2H3. The van der Waals surface area contributed by atoms with Crippen LogP contribution in [0.4, 0.5) is 0 Å². The van der Waals surface area contributed by atoms with E-state index in [9.17, 15) is 0 Å². The van der Waals surface area contributed by atoms with E-state index in [1.807, 2.05) is 0 Å². The molecule has 1 spiro atoms. The lowest BCUT2D eigenvalue weighted by molar-refractivity contribution is -0.106. The number of fused-ring (bicyclic) bond motifs is 1. The highest BCUT2D eigenvalue weighted by Gasteiger charge is 2.52. The van der Waals surface area contributed by atoms with Gasteiger partial charge in [-0.05, 0) is 67.4 Å². The average Bonchev–Trinajstić information content (AvgIpc) is 2.72. The van der Waals surface area contributed by atoms with Crippen LogP contribution < -0.4 is 0 Å². The minimum Gasteiger partial charge on any atom is -0.485 e. The van der Waals surface area contributed by atoms with Crippen LogP contribution in [-0.4, -0.2) is 23.6 Å². The number of rotatable bonds is 3. The zero-order valence-corrected chi connectivity index (χ0v) is 16.9. The Kier molecular flexibility index (Phi) is 4.40. The number of allylic oxidation sites excluding steroid dienone is 3. The zero-order valence-electron chi connectivity index (χ0n) is 16.9. The topological polar surface area (TPSA) is 12.5 Å². The van der Waals surface area contributed by atoms with Gasteiger partial charge in [0.25, 0.3) is 0 Å². The van der Waals surface area contributed by atoms with E-state index in [1.165, 1.54) is 53.7 Å². The summed E-state index contributed by atoms with van der Waals surface area (Å²) in [5.41, 5.74) is 7.18. The highest BCUT2D eigenvalue weighted by molar-refractivity contribution is 5.47. The van der Waals surface area contributed by atoms with E-state index in [4.69, 9.17) is 4.74 Å². The predicted octanol–water partition coefficient (Wildman–Crippen LogP) is 6.03. The van der Waals surface area contributed by atoms with Crippen molar-refractivity contribution < 1.29 is 4.74 Å². The van der Waals surface area contributed by atoms with Crippen LogP contribution in [0.2, 0.25) is 0 Å². The molecule has 2 aromatic rings. The first-order valence-corrected chi connectivity index (χ1v) is 10.6. The van der Waals surface area contributed by atoms with Crippen molar-refractivity contribution >= 4 is 0 Å². The van der Waals surface area contributed by atoms with Crippen molar-refractivity contribution in [3.63, 3.8) is 0 Å². The van der Waals surface area contributed by atoms with Gasteiger partial charge >= 0.3 is 0 Å². The fourth-order valence-corrected chi connectivity index (χ4v) is 5.39. The third kappa shape index (κ3) is 2.82. The van der Waals surface area contributed by atoms with Gasteiger partial charge in [0.15, 0.2) is 5.60 Å². The van der Waals surface area contributed by atoms with E-state index in [-0.39, 0.29) is 11.6 Å². The monoisotopic (exact) mass is 371 g/mol. The fourth-order valence-electron chi connectivity index (χ4n) is 5.39. The molecule has 0 radical (unpaired) electrons. The Morgan fingerprint density at radius 2 is 1.32 bits per heavy atom. The molecule has 2 fully saturated rings. The Morgan fingerprint density at radius 1 is 0.786 bits per heavy atom. The third-order valence-electron chi connectivity index (χ3n) is 6.89. The lowest BCUT2D eigenvalue weighted by atomic mass is 9.74. The number of likely N-dealkylation sites (tertiary alicyclic amines) is 1. The Balaban J connectivity index is 1.46. The maximum atomic E-state index is 6.62. The summed E-state index contributed by atoms with van der Waals surface area (Å²) in [6, 6.07) is 22.1. The molecule has 0 aromatic heterocycles. The quantitative estimate of drug-likeness (QED) is 0.653. The normalized spacial score (nSPS) is 21.5. The lowest BCUT2D eigenvalue weighted by Gasteiger charge is -2.56. The first-order chi connectivity index (χ1) is 13.7. The molecular formula is C26H29NO. The van der Waals surface area contributed by atoms with Crippen LogP contribution in [0.1, 0.15) is 56.7 Å². The lowest BCUT2D eigenvalue weighted by Crippen LogP contribution is -2.65. The van der Waals surface area contributed by atoms with Gasteiger partial charge in [-0.15, -0.1) is 0 Å². The van der Waals surface area contributed by atoms with Crippen molar-refractivity contribution in [3.05, 3.63) is 94.3 Å². The Labute approximate surface area is 168 Å². The van der Waals surface area contributed by atoms with Crippen molar-refractivity contribution in [2.75, 3.05) is 13.1 Å². The van der Waals surface area contributed by atoms with Gasteiger partial charge in [0.1, 0.15) is 0 Å². The summed E-state index contributed by atoms with van der Waals surface area (Å²) >= 11 is 0. The summed E-state index contributed by atoms with van der Waals surface area (Å²) < 4.78 is 6.62. The van der Waals surface area contributed by atoms with Crippen LogP contribution in [-0.2, 0) is 4.74 Å². The van der Waals surface area contributed by atoms with Crippen molar-refractivity contribution in [3.8, 4) is 0 Å². The average molecular weight is 372 g/mol. The van der Waals surface area contributed by atoms with Crippen molar-refractivity contribution in [1.82, 2.24) is 4.90 Å². The molecule has 2 nitrogen and oxygen atoms in total. The minimum absolute atomic E-state index is 0.123. The molecule has 144 valence electrons. The van der Waals surface area contributed by atoms with Crippen LogP contribution in [0, 0.1) is 0 Å². The molecule has 1 saturated carbocycles. The van der Waals surface area contributed by atoms with E-state index in [0.717, 1.165) is 13.1 Å². The molecule has 2 heterocycles. The third-order valence-corrected chi connectivity index (χ3v) is 6.89. The second-order valence-electron chi connectivity index (χ2n) is 8.57. The summed E-state index contributed by atoms with van der Waals surface area (Å²) in [4.78, 5) is 2.58. The number of ether oxygens (including phenoxy) is 1. The van der Waals surface area contributed by atoms with Gasteiger partial charge in [-0.3, -0.25) is 4.90 Å². The van der Waals surface area contributed by atoms with Crippen molar-refractivity contribution in [2.24, 2.45) is 0 Å². The molecule has 1 saturated heterocycles. The summed E-state index contributed by atoms with van der Waals surface area (Å²) in [6.45, 7) is 6.43. The Bertz CT molecular complexity index is 880. The predicted molar refractivity (Wildman–Crippen MR) is 114 cm³/mol. The van der Waals surface area contributed by atoms with Crippen LogP contribution in [0.25, 0.3) is 0 Å². The molecule has 28 heavy (non-hydrogen) atoms. The van der Waals surface area contributed by atoms with Crippen LogP contribution in [0.15, 0.2) is 83.1 Å². The summed E-state index contributed by atoms with van der Waals surface area (Å²) in [5, 5.41) is 0. The molecule has 0 amide bonds. The zero-order chi connectivity index (χ0) is 19.1. The summed E-state index contributed by atoms with van der Waals surface area (Å²) in [5.74, 6) is 1.18. The van der Waals surface area contributed by atoms with Crippen LogP contribution in [0.3, 0.4) is 0 Å². The maximum absolute atomic E-state index is 6.62. The van der Waals surface area contributed by atoms with E-state index >= 15 is 0 Å². The molecule has 2 aliphatic heterocycles. The van der Waals surface area contributed by atoms with Crippen LogP contribution in [0.5, 0.6) is 0 Å². The van der Waals surface area contributed by atoms with Gasteiger partial charge in [0.2, 0.25) is 0 Å². The number of nitrogens with zero attached hydrogens (tertiary/aromatic N) is 1. The smallest absolute Gasteiger partial charge is 0.155 e. The van der Waals surface area contributed by atoms with Gasteiger partial charge in [-0.2, -0.15) is 0 Å². The summed E-state index contributed by atoms with van der Waals surface area (Å²) in [7, 11) is 0. The highest BCUT2D eigenvalue weighted by Crippen LogP contribution is 2.49. The van der Waals surface area contributed by atoms with E-state index < -0.39 is 0 Å². The second-order valence-corrected chi connectivity index (χ2v) is 8.57. The molecule has 5 rings (SSSR count). The van der Waals surface area contributed by atoms with Crippen molar-refractivity contribution in [2.45, 2.75) is 51.2 Å². The summed E-state index contributed by atoms with van der Waals surface area (Å²) in [6.07, 6.45) is 5.04. The first-order valence-electron chi connectivity index (χ1n) is 10.6. The van der Waals surface area contributed by atoms with E-state index in [1.54, 1.807) is 5.57 Å². The van der Waals surface area contributed by atoms with Gasteiger partial charge in [-0.1, -0.05) is 60.7 Å². The Hall–Kier alpha value is -2.32. The van der Waals surface area contributed by atoms with Crippen molar-refractivity contribution in [1.29, 1.82) is 0 Å². The van der Waals surface area contributed by atoms with E-state index in [2.05, 4.69) is 79.4 Å². The molecule has 3 aliphatic rings. The number of hydrogen-bond acceptors (Lipinski definition) is 2. The number of hydrogen-bond donors (Lipinski definition) is 0. The van der Waals surface area contributed by atoms with Crippen LogP contribution >= 0.6 is 0 Å². The SMILES string of the molecule is CC1=C2CCCCC2=C(C)C2(CN(C(c3ccccc3)c3ccccc3)C2)O1. The maximum Gasteiger partial charge on any atom is 0.155 e. The molecule has 2 heteroatoms. The van der Waals surface area contributed by atoms with Gasteiger partial charge < -0.3 is 4.74 Å². The minimum atomic E-state index is -0.123. The Morgan fingerprint density at radius 3 is 1.89 bits per heavy atom. The molecule has 0 atom stereocenters. The first kappa shape index (κ1) is 17.8. The molecule has 0 unspecified atom stereocenters. The molecular weight excluding hydrogens is 342 g/mol. The molecule has 0 N–H and O–H groups in total. The van der Waals surface area contributed by atoms with E-state index in [0.29, 0.717) is 0 Å². The van der Waals surface area contributed by atoms with Gasteiger partial charge in [0.05, 0.1) is 11.8 Å². The van der Waals surface area contributed by atoms with Gasteiger partial charge in [-0.25, -0.2) is 0 Å². The molecule has 2 aromatic carbocycles. The number of benzene rings is 2. The largest absolute Gasteiger partial charge is 0.485 e.